The zero-order valence-electron chi connectivity index (χ0n) is 13.1. The van der Waals surface area contributed by atoms with Crippen molar-refractivity contribution in [3.05, 3.63) is 23.8 Å². The zero-order valence-corrected chi connectivity index (χ0v) is 13.9. The maximum absolute atomic E-state index is 11.9. The molecule has 0 bridgehead atoms. The van der Waals surface area contributed by atoms with Gasteiger partial charge in [0.2, 0.25) is 0 Å². The number of hydrogen-bond donors (Lipinski definition) is 2. The molecule has 0 fully saturated rings. The van der Waals surface area contributed by atoms with Crippen molar-refractivity contribution < 1.29 is 28.5 Å². The second-order valence-electron chi connectivity index (χ2n) is 4.25. The van der Waals surface area contributed by atoms with Crippen molar-refractivity contribution in [3.8, 4) is 11.5 Å². The Morgan fingerprint density at radius 2 is 2.00 bits per heavy atom. The Morgan fingerprint density at radius 1 is 1.41 bits per heavy atom. The van der Waals surface area contributed by atoms with Crippen molar-refractivity contribution in [2.24, 2.45) is 0 Å². The summed E-state index contributed by atoms with van der Waals surface area (Å²) >= 11 is 1.44. The van der Waals surface area contributed by atoms with Crippen LogP contribution in [0.1, 0.15) is 25.8 Å². The highest BCUT2D eigenvalue weighted by Gasteiger charge is 2.12. The normalized spacial score (nSPS) is 13.6. The Balaban J connectivity index is 0.000000465. The summed E-state index contributed by atoms with van der Waals surface area (Å²) in [5.41, 5.74) is 0.855. The first-order valence-electron chi connectivity index (χ1n) is 6.96. The average Bonchev–Trinajstić information content (AvgIpc) is 2.48. The highest BCUT2D eigenvalue weighted by atomic mass is 32.2. The van der Waals surface area contributed by atoms with Crippen LogP contribution in [0.3, 0.4) is 0 Å². The van der Waals surface area contributed by atoms with E-state index in [1.807, 2.05) is 6.26 Å². The first-order chi connectivity index (χ1) is 10.4. The summed E-state index contributed by atoms with van der Waals surface area (Å²) < 4.78 is 33.4. The third-order valence-electron chi connectivity index (χ3n) is 2.45. The van der Waals surface area contributed by atoms with Gasteiger partial charge in [-0.2, -0.15) is 8.78 Å². The lowest BCUT2D eigenvalue weighted by Crippen LogP contribution is -2.09. The Labute approximate surface area is 134 Å². The first kappa shape index (κ1) is 20.9. The van der Waals surface area contributed by atoms with Crippen LogP contribution >= 0.6 is 11.8 Å². The van der Waals surface area contributed by atoms with Crippen LogP contribution in [-0.2, 0) is 6.42 Å². The number of aliphatic hydroxyl groups excluding tert-OH is 2. The molecule has 1 atom stereocenters. The van der Waals surface area contributed by atoms with E-state index in [1.165, 1.54) is 17.8 Å². The van der Waals surface area contributed by atoms with E-state index in [9.17, 15) is 8.78 Å². The van der Waals surface area contributed by atoms with E-state index in [2.05, 4.69) is 4.74 Å². The molecule has 128 valence electrons. The van der Waals surface area contributed by atoms with Crippen LogP contribution < -0.4 is 9.47 Å². The van der Waals surface area contributed by atoms with E-state index in [-0.39, 0.29) is 17.8 Å². The summed E-state index contributed by atoms with van der Waals surface area (Å²) in [5, 5.41) is 15.9. The molecule has 2 N–H and O–H groups in total. The number of benzene rings is 1. The molecular formula is C15H24F2O4S. The van der Waals surface area contributed by atoms with Gasteiger partial charge in [0.15, 0.2) is 0 Å². The van der Waals surface area contributed by atoms with Gasteiger partial charge >= 0.3 is 6.61 Å². The molecule has 1 aliphatic heterocycles. The van der Waals surface area contributed by atoms with Crippen molar-refractivity contribution in [1.29, 1.82) is 0 Å². The van der Waals surface area contributed by atoms with Crippen molar-refractivity contribution in [3.63, 3.8) is 0 Å². The molecule has 4 nitrogen and oxygen atoms in total. The monoisotopic (exact) mass is 338 g/mol. The predicted molar refractivity (Wildman–Crippen MR) is 84.8 cm³/mol. The number of fused-ring (bicyclic) bond motifs is 1. The van der Waals surface area contributed by atoms with Crippen LogP contribution in [0.15, 0.2) is 18.2 Å². The van der Waals surface area contributed by atoms with Crippen molar-refractivity contribution in [1.82, 2.24) is 0 Å². The van der Waals surface area contributed by atoms with Crippen LogP contribution in [0.4, 0.5) is 8.78 Å². The highest BCUT2D eigenvalue weighted by molar-refractivity contribution is 7.99. The molecular weight excluding hydrogens is 314 g/mol. The molecule has 2 rings (SSSR count). The van der Waals surface area contributed by atoms with E-state index in [0.717, 1.165) is 18.4 Å². The van der Waals surface area contributed by atoms with Gasteiger partial charge in [-0.25, -0.2) is 0 Å². The number of aliphatic hydroxyl groups is 2. The number of aryl methyl sites for hydroxylation is 1. The third kappa shape index (κ3) is 9.81. The number of thioether (sulfide) groups is 1. The highest BCUT2D eigenvalue weighted by Crippen LogP contribution is 2.29. The molecule has 1 heterocycles. The molecule has 7 heteroatoms. The van der Waals surface area contributed by atoms with Gasteiger partial charge in [-0.15, -0.1) is 11.8 Å². The number of ether oxygens (including phenoxy) is 2. The molecule has 0 spiro atoms. The minimum atomic E-state index is -2.78. The fourth-order valence-corrected chi connectivity index (χ4v) is 1.50. The summed E-state index contributed by atoms with van der Waals surface area (Å²) in [7, 11) is 0. The van der Waals surface area contributed by atoms with Crippen molar-refractivity contribution in [2.75, 3.05) is 19.5 Å². The maximum atomic E-state index is 11.9. The summed E-state index contributed by atoms with van der Waals surface area (Å²) in [6.07, 6.45) is 3.77. The van der Waals surface area contributed by atoms with E-state index < -0.39 is 6.61 Å². The fraction of sp³-hybridized carbons (Fsp3) is 0.600. The molecule has 1 aromatic carbocycles. The molecule has 0 amide bonds. The number of rotatable bonds is 3. The topological polar surface area (TPSA) is 58.9 Å². The lowest BCUT2D eigenvalue weighted by atomic mass is 10.1. The molecule has 0 saturated carbocycles. The van der Waals surface area contributed by atoms with Crippen LogP contribution in [0.2, 0.25) is 0 Å². The van der Waals surface area contributed by atoms with Gasteiger partial charge < -0.3 is 19.7 Å². The Kier molecular flexibility index (Phi) is 11.9. The zero-order chi connectivity index (χ0) is 17.0. The van der Waals surface area contributed by atoms with Gasteiger partial charge in [-0.1, -0.05) is 6.07 Å². The van der Waals surface area contributed by atoms with Crippen molar-refractivity contribution in [2.45, 2.75) is 38.7 Å². The second-order valence-corrected chi connectivity index (χ2v) is 5.40. The summed E-state index contributed by atoms with van der Waals surface area (Å²) in [6, 6.07) is 4.83. The summed E-state index contributed by atoms with van der Waals surface area (Å²) in [5.74, 6) is 0.815. The molecule has 0 radical (unpaired) electrons. The fourth-order valence-electron chi connectivity index (χ4n) is 1.50. The first-order valence-corrected chi connectivity index (χ1v) is 8.25. The minimum absolute atomic E-state index is 0.153. The van der Waals surface area contributed by atoms with E-state index >= 15 is 0 Å². The van der Waals surface area contributed by atoms with E-state index in [0.29, 0.717) is 12.4 Å². The molecule has 1 aromatic rings. The predicted octanol–water partition coefficient (Wildman–Crippen LogP) is 3.30. The Morgan fingerprint density at radius 3 is 2.50 bits per heavy atom. The van der Waals surface area contributed by atoms with Crippen LogP contribution in [0.25, 0.3) is 0 Å². The standard InChI is InChI=1S/C10H10F2O2.C3H8OS.C2H6O/c11-10(12)14-8-4-3-7-2-1-5-13-9(7)6-8;1-3(4)5-2;1-2-3/h3-4,6,10H,1-2,5H2;3-4H,1-2H3;3H,2H2,1H3. The van der Waals surface area contributed by atoms with Crippen LogP contribution in [0.5, 0.6) is 11.5 Å². The van der Waals surface area contributed by atoms with Crippen LogP contribution in [0, 0.1) is 0 Å². The van der Waals surface area contributed by atoms with Gasteiger partial charge in [0.1, 0.15) is 11.5 Å². The third-order valence-corrected chi connectivity index (χ3v) is 3.14. The van der Waals surface area contributed by atoms with E-state index in [4.69, 9.17) is 14.9 Å². The molecule has 22 heavy (non-hydrogen) atoms. The maximum Gasteiger partial charge on any atom is 0.387 e. The number of halogens is 2. The van der Waals surface area contributed by atoms with E-state index in [1.54, 1.807) is 26.0 Å². The minimum Gasteiger partial charge on any atom is -0.493 e. The smallest absolute Gasteiger partial charge is 0.387 e. The Hall–Kier alpha value is -1.05. The summed E-state index contributed by atoms with van der Waals surface area (Å²) in [4.78, 5) is 0. The Bertz CT molecular complexity index is 403. The average molecular weight is 338 g/mol. The number of hydrogen-bond acceptors (Lipinski definition) is 5. The molecule has 1 unspecified atom stereocenters. The van der Waals surface area contributed by atoms with Crippen molar-refractivity contribution >= 4 is 11.8 Å². The lowest BCUT2D eigenvalue weighted by Gasteiger charge is -2.17. The second kappa shape index (κ2) is 12.5. The van der Waals surface area contributed by atoms with Gasteiger partial charge in [0, 0.05) is 12.7 Å². The molecule has 1 aliphatic rings. The summed E-state index contributed by atoms with van der Waals surface area (Å²) in [6.45, 7) is 1.53. The van der Waals surface area contributed by atoms with Crippen LogP contribution in [-0.4, -0.2) is 41.7 Å². The lowest BCUT2D eigenvalue weighted by molar-refractivity contribution is -0.0499. The largest absolute Gasteiger partial charge is 0.493 e. The van der Waals surface area contributed by atoms with Gasteiger partial charge in [0.25, 0.3) is 0 Å². The molecule has 0 saturated heterocycles. The van der Waals surface area contributed by atoms with Gasteiger partial charge in [-0.3, -0.25) is 0 Å². The SMILES string of the molecule is CCO.CSC(C)O.FC(F)Oc1ccc2c(c1)OCCC2. The van der Waals surface area contributed by atoms with Gasteiger partial charge in [0.05, 0.1) is 12.0 Å². The molecule has 0 aliphatic carbocycles. The quantitative estimate of drug-likeness (QED) is 0.828. The van der Waals surface area contributed by atoms with Gasteiger partial charge in [-0.05, 0) is 44.6 Å². The molecule has 0 aromatic heterocycles. The number of alkyl halides is 2.